The number of aliphatic imine (C=N–C) groups is 1. The Bertz CT molecular complexity index is 739. The van der Waals surface area contributed by atoms with Gasteiger partial charge in [-0.2, -0.15) is 0 Å². The van der Waals surface area contributed by atoms with Crippen molar-refractivity contribution < 1.29 is 4.74 Å². The number of nitrogens with one attached hydrogen (secondary N) is 2. The highest BCUT2D eigenvalue weighted by Gasteiger charge is 2.12. The summed E-state index contributed by atoms with van der Waals surface area (Å²) in [5.74, 6) is 0.838. The van der Waals surface area contributed by atoms with Gasteiger partial charge in [-0.25, -0.2) is 9.98 Å². The first kappa shape index (κ1) is 19.8. The molecule has 0 saturated carbocycles. The number of aromatic nitrogens is 1. The van der Waals surface area contributed by atoms with Gasteiger partial charge in [-0.1, -0.05) is 24.3 Å². The summed E-state index contributed by atoms with van der Waals surface area (Å²) in [6, 6.07) is 8.59. The van der Waals surface area contributed by atoms with Crippen LogP contribution in [0.5, 0.6) is 0 Å². The van der Waals surface area contributed by atoms with Gasteiger partial charge in [0.15, 0.2) is 5.96 Å². The van der Waals surface area contributed by atoms with Gasteiger partial charge in [0.25, 0.3) is 0 Å². The van der Waals surface area contributed by atoms with E-state index in [9.17, 15) is 0 Å². The van der Waals surface area contributed by atoms with E-state index >= 15 is 0 Å². The molecule has 0 amide bonds. The molecule has 146 valence electrons. The van der Waals surface area contributed by atoms with Crippen molar-refractivity contribution in [3.05, 3.63) is 51.5 Å². The molecule has 3 rings (SSSR count). The van der Waals surface area contributed by atoms with Crippen LogP contribution >= 0.6 is 11.3 Å². The normalized spacial score (nSPS) is 15.7. The van der Waals surface area contributed by atoms with Crippen molar-refractivity contribution in [2.45, 2.75) is 33.5 Å². The van der Waals surface area contributed by atoms with Crippen LogP contribution < -0.4 is 10.6 Å². The molecule has 0 spiro atoms. The molecule has 0 atom stereocenters. The molecule has 6 nitrogen and oxygen atoms in total. The highest BCUT2D eigenvalue weighted by atomic mass is 32.1. The van der Waals surface area contributed by atoms with E-state index in [1.54, 1.807) is 11.3 Å². The lowest BCUT2D eigenvalue weighted by atomic mass is 10.1. The molecule has 2 aromatic rings. The van der Waals surface area contributed by atoms with Crippen molar-refractivity contribution in [1.82, 2.24) is 20.5 Å². The van der Waals surface area contributed by atoms with Gasteiger partial charge in [0, 0.05) is 37.3 Å². The fourth-order valence-corrected chi connectivity index (χ4v) is 3.76. The molecule has 27 heavy (non-hydrogen) atoms. The van der Waals surface area contributed by atoms with Crippen LogP contribution in [0.3, 0.4) is 0 Å². The van der Waals surface area contributed by atoms with Gasteiger partial charge in [-0.15, -0.1) is 11.3 Å². The van der Waals surface area contributed by atoms with Crippen LogP contribution in [0.25, 0.3) is 0 Å². The number of thiazole rings is 1. The Morgan fingerprint density at radius 3 is 2.70 bits per heavy atom. The van der Waals surface area contributed by atoms with Crippen molar-refractivity contribution in [2.24, 2.45) is 4.99 Å². The summed E-state index contributed by atoms with van der Waals surface area (Å²) in [4.78, 5) is 12.8. The summed E-state index contributed by atoms with van der Waals surface area (Å²) < 4.78 is 5.45. The maximum absolute atomic E-state index is 5.45. The maximum atomic E-state index is 5.45. The molecule has 0 bridgehead atoms. The van der Waals surface area contributed by atoms with E-state index in [0.29, 0.717) is 6.54 Å². The lowest BCUT2D eigenvalue weighted by Crippen LogP contribution is -2.37. The maximum Gasteiger partial charge on any atom is 0.191 e. The number of benzene rings is 1. The Balaban J connectivity index is 1.62. The lowest BCUT2D eigenvalue weighted by molar-refractivity contribution is 0.0341. The first-order chi connectivity index (χ1) is 13.2. The molecule has 1 aliphatic heterocycles. The number of aryl methyl sites for hydroxylation is 1. The van der Waals surface area contributed by atoms with E-state index in [1.807, 2.05) is 13.1 Å². The molecule has 2 N–H and O–H groups in total. The van der Waals surface area contributed by atoms with Gasteiger partial charge in [0.2, 0.25) is 0 Å². The van der Waals surface area contributed by atoms with E-state index in [1.165, 1.54) is 16.0 Å². The predicted molar refractivity (Wildman–Crippen MR) is 111 cm³/mol. The van der Waals surface area contributed by atoms with Crippen LogP contribution in [0.4, 0.5) is 0 Å². The average molecular weight is 388 g/mol. The third kappa shape index (κ3) is 6.30. The molecule has 1 aliphatic rings. The zero-order valence-corrected chi connectivity index (χ0v) is 17.0. The Kier molecular flexibility index (Phi) is 7.62. The van der Waals surface area contributed by atoms with Gasteiger partial charge in [-0.05, 0) is 25.0 Å². The standard InChI is InChI=1S/C20H29N5OS/c1-3-21-20(24-14-19-13-22-16(2)27-19)23-12-17-6-4-5-7-18(17)15-25-8-10-26-11-9-25/h4-7,13H,3,8-12,14-15H2,1-2H3,(H2,21,23,24). The zero-order valence-electron chi connectivity index (χ0n) is 16.2. The molecule has 1 saturated heterocycles. The molecule has 1 aromatic heterocycles. The van der Waals surface area contributed by atoms with Gasteiger partial charge < -0.3 is 15.4 Å². The minimum atomic E-state index is 0.664. The van der Waals surface area contributed by atoms with Crippen molar-refractivity contribution in [1.29, 1.82) is 0 Å². The van der Waals surface area contributed by atoms with Crippen LogP contribution in [0.1, 0.15) is 27.9 Å². The summed E-state index contributed by atoms with van der Waals surface area (Å²) >= 11 is 1.71. The number of hydrogen-bond donors (Lipinski definition) is 2. The molecule has 1 aromatic carbocycles. The number of ether oxygens (including phenoxy) is 1. The largest absolute Gasteiger partial charge is 0.379 e. The SMILES string of the molecule is CCNC(=NCc1ccccc1CN1CCOCC1)NCc1cnc(C)s1. The van der Waals surface area contributed by atoms with Crippen LogP contribution in [0.2, 0.25) is 0 Å². The molecule has 0 unspecified atom stereocenters. The van der Waals surface area contributed by atoms with Gasteiger partial charge in [0.05, 0.1) is 31.3 Å². The van der Waals surface area contributed by atoms with Crippen LogP contribution in [-0.2, 0) is 24.4 Å². The average Bonchev–Trinajstić information content (AvgIpc) is 3.11. The Morgan fingerprint density at radius 2 is 2.00 bits per heavy atom. The predicted octanol–water partition coefficient (Wildman–Crippen LogP) is 2.54. The van der Waals surface area contributed by atoms with Crippen molar-refractivity contribution >= 4 is 17.3 Å². The van der Waals surface area contributed by atoms with E-state index < -0.39 is 0 Å². The first-order valence-electron chi connectivity index (χ1n) is 9.55. The topological polar surface area (TPSA) is 61.8 Å². The monoisotopic (exact) mass is 387 g/mol. The fraction of sp³-hybridized carbons (Fsp3) is 0.500. The minimum Gasteiger partial charge on any atom is -0.379 e. The van der Waals surface area contributed by atoms with Crippen LogP contribution in [0.15, 0.2) is 35.5 Å². The number of hydrogen-bond acceptors (Lipinski definition) is 5. The van der Waals surface area contributed by atoms with E-state index in [2.05, 4.69) is 51.7 Å². The third-order valence-electron chi connectivity index (χ3n) is 4.47. The van der Waals surface area contributed by atoms with E-state index in [0.717, 1.165) is 56.9 Å². The second kappa shape index (κ2) is 10.4. The molecule has 1 fully saturated rings. The molecule has 0 radical (unpaired) electrons. The summed E-state index contributed by atoms with van der Waals surface area (Å²) in [7, 11) is 0. The summed E-state index contributed by atoms with van der Waals surface area (Å²) in [6.07, 6.45) is 1.92. The minimum absolute atomic E-state index is 0.664. The first-order valence-corrected chi connectivity index (χ1v) is 10.4. The molecule has 7 heteroatoms. The lowest BCUT2D eigenvalue weighted by Gasteiger charge is -2.27. The Morgan fingerprint density at radius 1 is 1.22 bits per heavy atom. The number of morpholine rings is 1. The molecule has 2 heterocycles. The number of rotatable bonds is 7. The summed E-state index contributed by atoms with van der Waals surface area (Å²) in [5, 5.41) is 7.82. The van der Waals surface area contributed by atoms with Gasteiger partial charge in [-0.3, -0.25) is 4.90 Å². The number of nitrogens with zero attached hydrogens (tertiary/aromatic N) is 3. The second-order valence-electron chi connectivity index (χ2n) is 6.55. The zero-order chi connectivity index (χ0) is 18.9. The van der Waals surface area contributed by atoms with Crippen molar-refractivity contribution in [3.8, 4) is 0 Å². The quantitative estimate of drug-likeness (QED) is 0.565. The smallest absolute Gasteiger partial charge is 0.191 e. The van der Waals surface area contributed by atoms with Gasteiger partial charge in [0.1, 0.15) is 0 Å². The third-order valence-corrected chi connectivity index (χ3v) is 5.38. The van der Waals surface area contributed by atoms with E-state index in [-0.39, 0.29) is 0 Å². The highest BCUT2D eigenvalue weighted by molar-refractivity contribution is 7.11. The molecule has 0 aliphatic carbocycles. The van der Waals surface area contributed by atoms with Crippen molar-refractivity contribution in [2.75, 3.05) is 32.8 Å². The summed E-state index contributed by atoms with van der Waals surface area (Å²) in [6.45, 7) is 11.0. The Labute approximate surface area is 165 Å². The van der Waals surface area contributed by atoms with E-state index in [4.69, 9.17) is 9.73 Å². The van der Waals surface area contributed by atoms with Gasteiger partial charge >= 0.3 is 0 Å². The second-order valence-corrected chi connectivity index (χ2v) is 7.87. The van der Waals surface area contributed by atoms with Crippen molar-refractivity contribution in [3.63, 3.8) is 0 Å². The molecular weight excluding hydrogens is 358 g/mol. The van der Waals surface area contributed by atoms with Crippen LogP contribution in [0, 0.1) is 6.92 Å². The highest BCUT2D eigenvalue weighted by Crippen LogP contribution is 2.14. The number of guanidine groups is 1. The fourth-order valence-electron chi connectivity index (χ4n) is 3.03. The Hall–Kier alpha value is -1.96. The summed E-state index contributed by atoms with van der Waals surface area (Å²) in [5.41, 5.74) is 2.62. The molecular formula is C20H29N5OS. The van der Waals surface area contributed by atoms with Crippen LogP contribution in [-0.4, -0.2) is 48.7 Å².